The predicted octanol–water partition coefficient (Wildman–Crippen LogP) is 0.587. The number of hydrazone groups is 1. The maximum absolute atomic E-state index is 13.2. The zero-order valence-corrected chi connectivity index (χ0v) is 18.1. The summed E-state index contributed by atoms with van der Waals surface area (Å²) in [5, 5.41) is 3.08. The van der Waals surface area contributed by atoms with E-state index >= 15 is 0 Å². The van der Waals surface area contributed by atoms with Crippen molar-refractivity contribution in [2.75, 3.05) is 0 Å². The Bertz CT molecular complexity index is 1460. The van der Waals surface area contributed by atoms with E-state index < -0.39 is 54.9 Å². The van der Waals surface area contributed by atoms with Gasteiger partial charge in [-0.05, 0) is 29.4 Å². The third kappa shape index (κ3) is 3.69. The molecule has 0 spiro atoms. The Hall–Kier alpha value is -3.87. The number of nitrogens with one attached hydrogen (secondary N) is 1. The summed E-state index contributed by atoms with van der Waals surface area (Å²) >= 11 is 4.59. The van der Waals surface area contributed by atoms with Gasteiger partial charge in [-0.2, -0.15) is 13.5 Å². The summed E-state index contributed by atoms with van der Waals surface area (Å²) < 4.78 is 34.7. The fourth-order valence-electron chi connectivity index (χ4n) is 3.81. The molecule has 166 valence electrons. The number of carbonyl (C=O) groups excluding carboxylic acids is 4. The van der Waals surface area contributed by atoms with Gasteiger partial charge in [0.25, 0.3) is 15.9 Å². The highest BCUT2D eigenvalue weighted by atomic mass is 32.2. The first-order valence-electron chi connectivity index (χ1n) is 9.25. The van der Waals surface area contributed by atoms with Gasteiger partial charge in [0.1, 0.15) is 4.91 Å². The summed E-state index contributed by atoms with van der Waals surface area (Å²) in [5.74, 6) is -4.91. The van der Waals surface area contributed by atoms with Crippen LogP contribution in [-0.4, -0.2) is 46.9 Å². The monoisotopic (exact) mass is 483 g/mol. The molecule has 0 saturated carbocycles. The SMILES string of the molecule is NC(=S)NN=C1C(=O)C(=O)C2C=CC=C(C3=CC(=O)c4ccccc4C3=O)C2=C1S(=O)(=O)O. The molecule has 4 rings (SSSR count). The van der Waals surface area contributed by atoms with Crippen LogP contribution in [0.1, 0.15) is 20.7 Å². The number of thiocarbonyl (C=S) groups is 1. The van der Waals surface area contributed by atoms with Crippen LogP contribution in [0.4, 0.5) is 0 Å². The van der Waals surface area contributed by atoms with Gasteiger partial charge in [0.15, 0.2) is 22.4 Å². The maximum atomic E-state index is 13.2. The van der Waals surface area contributed by atoms with Crippen LogP contribution in [0, 0.1) is 5.92 Å². The molecule has 1 unspecified atom stereocenters. The van der Waals surface area contributed by atoms with Crippen molar-refractivity contribution < 1.29 is 32.1 Å². The van der Waals surface area contributed by atoms with E-state index in [0.717, 1.165) is 6.08 Å². The minimum atomic E-state index is -5.16. The molecule has 0 aromatic heterocycles. The maximum Gasteiger partial charge on any atom is 0.297 e. The Morgan fingerprint density at radius 3 is 2.36 bits per heavy atom. The van der Waals surface area contributed by atoms with Crippen LogP contribution in [0.3, 0.4) is 0 Å². The van der Waals surface area contributed by atoms with Crippen molar-refractivity contribution in [1.29, 1.82) is 0 Å². The number of Topliss-reactive ketones (excluding diaryl/α,β-unsaturated/α-hetero) is 3. The summed E-state index contributed by atoms with van der Waals surface area (Å²) in [6.45, 7) is 0. The molecule has 0 amide bonds. The molecule has 0 radical (unpaired) electrons. The molecular formula is C21H13N3O7S2. The van der Waals surface area contributed by atoms with E-state index in [1.54, 1.807) is 12.1 Å². The zero-order valence-electron chi connectivity index (χ0n) is 16.4. The van der Waals surface area contributed by atoms with Gasteiger partial charge in [-0.25, -0.2) is 0 Å². The topological polar surface area (TPSA) is 173 Å². The first-order chi connectivity index (χ1) is 15.5. The summed E-state index contributed by atoms with van der Waals surface area (Å²) in [7, 11) is -5.16. The third-order valence-corrected chi connectivity index (χ3v) is 6.15. The van der Waals surface area contributed by atoms with E-state index in [4.69, 9.17) is 5.73 Å². The Balaban J connectivity index is 2.01. The second-order valence-corrected chi connectivity index (χ2v) is 8.89. The molecule has 3 aliphatic carbocycles. The number of allylic oxidation sites excluding steroid dienone is 8. The van der Waals surface area contributed by atoms with Crippen LogP contribution in [-0.2, 0) is 19.7 Å². The van der Waals surface area contributed by atoms with Crippen LogP contribution in [0.2, 0.25) is 0 Å². The molecule has 33 heavy (non-hydrogen) atoms. The van der Waals surface area contributed by atoms with Crippen LogP contribution < -0.4 is 11.2 Å². The normalized spacial score (nSPS) is 21.5. The van der Waals surface area contributed by atoms with Crippen molar-refractivity contribution in [3.8, 4) is 0 Å². The number of carbonyl (C=O) groups is 4. The first-order valence-corrected chi connectivity index (χ1v) is 11.1. The fraction of sp³-hybridized carbons (Fsp3) is 0.0476. The quantitative estimate of drug-likeness (QED) is 0.239. The predicted molar refractivity (Wildman–Crippen MR) is 120 cm³/mol. The first kappa shape index (κ1) is 22.3. The number of nitrogens with two attached hydrogens (primary N) is 1. The van der Waals surface area contributed by atoms with Crippen molar-refractivity contribution in [3.63, 3.8) is 0 Å². The molecular weight excluding hydrogens is 470 g/mol. The largest absolute Gasteiger partial charge is 0.375 e. The average molecular weight is 483 g/mol. The number of ketones is 4. The molecule has 0 heterocycles. The molecule has 1 aromatic rings. The zero-order chi connectivity index (χ0) is 24.1. The number of hydrogen-bond donors (Lipinski definition) is 3. The minimum absolute atomic E-state index is 0.0864. The second kappa shape index (κ2) is 7.92. The van der Waals surface area contributed by atoms with Crippen LogP contribution in [0.5, 0.6) is 0 Å². The van der Waals surface area contributed by atoms with Crippen LogP contribution in [0.25, 0.3) is 0 Å². The Kier molecular flexibility index (Phi) is 5.36. The summed E-state index contributed by atoms with van der Waals surface area (Å²) in [5.41, 5.74) is 5.93. The van der Waals surface area contributed by atoms with E-state index in [-0.39, 0.29) is 27.8 Å². The summed E-state index contributed by atoms with van der Waals surface area (Å²) in [6, 6.07) is 6.05. The Labute approximate surface area is 192 Å². The number of nitrogens with zero attached hydrogens (tertiary/aromatic N) is 1. The van der Waals surface area contributed by atoms with Gasteiger partial charge in [-0.1, -0.05) is 42.5 Å². The van der Waals surface area contributed by atoms with Crippen LogP contribution >= 0.6 is 12.2 Å². The van der Waals surface area contributed by atoms with E-state index in [1.165, 1.54) is 30.4 Å². The highest BCUT2D eigenvalue weighted by Crippen LogP contribution is 2.41. The molecule has 10 nitrogen and oxygen atoms in total. The second-order valence-electron chi connectivity index (χ2n) is 7.09. The van der Waals surface area contributed by atoms with Gasteiger partial charge in [-0.3, -0.25) is 29.2 Å². The molecule has 1 atom stereocenters. The lowest BCUT2D eigenvalue weighted by Crippen LogP contribution is -2.42. The molecule has 12 heteroatoms. The van der Waals surface area contributed by atoms with Crippen molar-refractivity contribution >= 4 is 56.3 Å². The van der Waals surface area contributed by atoms with Gasteiger partial charge in [-0.15, -0.1) is 0 Å². The average Bonchev–Trinajstić information content (AvgIpc) is 2.76. The van der Waals surface area contributed by atoms with Crippen molar-refractivity contribution in [2.24, 2.45) is 16.8 Å². The van der Waals surface area contributed by atoms with Crippen molar-refractivity contribution in [3.05, 3.63) is 81.3 Å². The third-order valence-electron chi connectivity index (χ3n) is 5.13. The molecule has 0 aliphatic heterocycles. The minimum Gasteiger partial charge on any atom is -0.375 e. The lowest BCUT2D eigenvalue weighted by atomic mass is 9.73. The molecule has 0 saturated heterocycles. The highest BCUT2D eigenvalue weighted by Gasteiger charge is 2.47. The summed E-state index contributed by atoms with van der Waals surface area (Å²) in [4.78, 5) is 50.2. The van der Waals surface area contributed by atoms with Gasteiger partial charge in [0, 0.05) is 16.7 Å². The van der Waals surface area contributed by atoms with Gasteiger partial charge in [0.2, 0.25) is 5.78 Å². The fourth-order valence-corrected chi connectivity index (χ4v) is 4.75. The number of benzene rings is 1. The van der Waals surface area contributed by atoms with Gasteiger partial charge < -0.3 is 5.73 Å². The molecule has 0 fully saturated rings. The standard InChI is InChI=1S/C21H13N3O7S2/c22-21(32)24-23-16-19(28)18(27)12-7-3-6-10(15(12)20(16)33(29,30)31)13-8-14(25)9-4-1-2-5-11(9)17(13)26/h1-8,12H,(H3,22,24,32)(H,29,30,31). The smallest absolute Gasteiger partial charge is 0.297 e. The molecule has 3 aliphatic rings. The summed E-state index contributed by atoms with van der Waals surface area (Å²) in [6.07, 6.45) is 4.92. The number of hydrogen-bond acceptors (Lipinski definition) is 8. The Morgan fingerprint density at radius 1 is 1.06 bits per heavy atom. The van der Waals surface area contributed by atoms with E-state index in [1.807, 2.05) is 5.43 Å². The lowest BCUT2D eigenvalue weighted by molar-refractivity contribution is -0.134. The van der Waals surface area contributed by atoms with E-state index in [0.29, 0.717) is 0 Å². The molecule has 4 N–H and O–H groups in total. The van der Waals surface area contributed by atoms with Gasteiger partial charge in [0.05, 0.1) is 5.92 Å². The van der Waals surface area contributed by atoms with Gasteiger partial charge >= 0.3 is 0 Å². The van der Waals surface area contributed by atoms with Crippen molar-refractivity contribution in [1.82, 2.24) is 5.43 Å². The Morgan fingerprint density at radius 2 is 1.73 bits per heavy atom. The number of rotatable bonds is 3. The van der Waals surface area contributed by atoms with Crippen LogP contribution in [0.15, 0.2) is 75.3 Å². The number of fused-ring (bicyclic) bond motifs is 2. The highest BCUT2D eigenvalue weighted by molar-refractivity contribution is 7.91. The van der Waals surface area contributed by atoms with E-state index in [9.17, 15) is 32.1 Å². The van der Waals surface area contributed by atoms with Crippen molar-refractivity contribution in [2.45, 2.75) is 0 Å². The molecule has 0 bridgehead atoms. The lowest BCUT2D eigenvalue weighted by Gasteiger charge is -2.29. The molecule has 1 aromatic carbocycles. The van der Waals surface area contributed by atoms with E-state index in [2.05, 4.69) is 17.3 Å².